The molecule has 2 rings (SSSR count). The van der Waals surface area contributed by atoms with Gasteiger partial charge in [-0.1, -0.05) is 68.3 Å². The van der Waals surface area contributed by atoms with Crippen LogP contribution in [0.15, 0.2) is 42.5 Å². The van der Waals surface area contributed by atoms with Gasteiger partial charge >= 0.3 is 0 Å². The molecule has 16 heavy (non-hydrogen) atoms. The predicted molar refractivity (Wildman–Crippen MR) is 74.5 cm³/mol. The minimum absolute atomic E-state index is 0.0262. The SMILES string of the molecule is CC(Br)(Br)C(=O)c1ccc2ccccc2c1. The third-order valence-electron chi connectivity index (χ3n) is 2.41. The molecule has 0 fully saturated rings. The van der Waals surface area contributed by atoms with Crippen molar-refractivity contribution in [2.45, 2.75) is 10.2 Å². The van der Waals surface area contributed by atoms with E-state index in [1.54, 1.807) is 6.92 Å². The summed E-state index contributed by atoms with van der Waals surface area (Å²) in [6.45, 7) is 1.78. The predicted octanol–water partition coefficient (Wildman–Crippen LogP) is 4.53. The highest BCUT2D eigenvalue weighted by Gasteiger charge is 2.27. The number of Topliss-reactive ketones (excluding diaryl/α,β-unsaturated/α-hetero) is 1. The standard InChI is InChI=1S/C13H10Br2O/c1-13(14,15)12(16)11-7-6-9-4-2-3-5-10(9)8-11/h2-8H,1H3. The van der Waals surface area contributed by atoms with Crippen molar-refractivity contribution in [2.75, 3.05) is 0 Å². The molecule has 0 bridgehead atoms. The van der Waals surface area contributed by atoms with Gasteiger partial charge in [0.25, 0.3) is 0 Å². The lowest BCUT2D eigenvalue weighted by Crippen LogP contribution is -2.20. The largest absolute Gasteiger partial charge is 0.292 e. The molecule has 1 nitrogen and oxygen atoms in total. The first-order valence-corrected chi connectivity index (χ1v) is 6.48. The maximum Gasteiger partial charge on any atom is 0.189 e. The molecule has 0 saturated heterocycles. The molecule has 0 aromatic heterocycles. The Morgan fingerprint density at radius 2 is 1.69 bits per heavy atom. The van der Waals surface area contributed by atoms with Gasteiger partial charge < -0.3 is 0 Å². The zero-order valence-corrected chi connectivity index (χ0v) is 11.9. The van der Waals surface area contributed by atoms with Crippen molar-refractivity contribution in [3.05, 3.63) is 48.0 Å². The number of hydrogen-bond acceptors (Lipinski definition) is 1. The van der Waals surface area contributed by atoms with Gasteiger partial charge in [0, 0.05) is 5.56 Å². The van der Waals surface area contributed by atoms with Crippen LogP contribution < -0.4 is 0 Å². The maximum atomic E-state index is 12.0. The van der Waals surface area contributed by atoms with E-state index in [0.717, 1.165) is 10.8 Å². The van der Waals surface area contributed by atoms with Crippen LogP contribution in [0.5, 0.6) is 0 Å². The normalized spacial score (nSPS) is 11.7. The Hall–Kier alpha value is -0.670. The Kier molecular flexibility index (Phi) is 3.17. The number of carbonyl (C=O) groups excluding carboxylic acids is 1. The molecular formula is C13H10Br2O. The van der Waals surface area contributed by atoms with Crippen molar-refractivity contribution >= 4 is 48.4 Å². The molecule has 0 atom stereocenters. The van der Waals surface area contributed by atoms with Crippen molar-refractivity contribution in [1.29, 1.82) is 0 Å². The highest BCUT2D eigenvalue weighted by atomic mass is 79.9. The highest BCUT2D eigenvalue weighted by molar-refractivity contribution is 9.25. The second-order valence-corrected chi connectivity index (χ2v) is 8.02. The molecular weight excluding hydrogens is 332 g/mol. The van der Waals surface area contributed by atoms with E-state index in [1.165, 1.54) is 0 Å². The van der Waals surface area contributed by atoms with Crippen LogP contribution in [0.2, 0.25) is 0 Å². The van der Waals surface area contributed by atoms with E-state index in [-0.39, 0.29) is 5.78 Å². The van der Waals surface area contributed by atoms with E-state index in [4.69, 9.17) is 0 Å². The summed E-state index contributed by atoms with van der Waals surface area (Å²) in [5, 5.41) is 2.22. The summed E-state index contributed by atoms with van der Waals surface area (Å²) in [5.74, 6) is 0.0262. The second kappa shape index (κ2) is 4.30. The number of benzene rings is 2. The Bertz CT molecular complexity index is 541. The fourth-order valence-corrected chi connectivity index (χ4v) is 2.04. The third kappa shape index (κ3) is 2.36. The molecule has 0 unspecified atom stereocenters. The van der Waals surface area contributed by atoms with Crippen molar-refractivity contribution < 1.29 is 4.79 Å². The molecule has 82 valence electrons. The lowest BCUT2D eigenvalue weighted by Gasteiger charge is -2.12. The van der Waals surface area contributed by atoms with Crippen molar-refractivity contribution in [3.8, 4) is 0 Å². The first kappa shape index (κ1) is 11.8. The Labute approximate surface area is 111 Å². The van der Waals surface area contributed by atoms with Crippen molar-refractivity contribution in [1.82, 2.24) is 0 Å². The average molecular weight is 342 g/mol. The first-order valence-electron chi connectivity index (χ1n) is 4.90. The van der Waals surface area contributed by atoms with Gasteiger partial charge in [-0.2, -0.15) is 0 Å². The number of carbonyl (C=O) groups is 1. The van der Waals surface area contributed by atoms with E-state index < -0.39 is 3.23 Å². The summed E-state index contributed by atoms with van der Waals surface area (Å²) in [6, 6.07) is 13.7. The maximum absolute atomic E-state index is 12.0. The quantitative estimate of drug-likeness (QED) is 0.579. The Morgan fingerprint density at radius 3 is 2.31 bits per heavy atom. The summed E-state index contributed by atoms with van der Waals surface area (Å²) >= 11 is 6.62. The molecule has 0 spiro atoms. The number of halogens is 2. The van der Waals surface area contributed by atoms with Gasteiger partial charge in [0.05, 0.1) is 0 Å². The van der Waals surface area contributed by atoms with Gasteiger partial charge in [0.1, 0.15) is 3.23 Å². The molecule has 0 N–H and O–H groups in total. The van der Waals surface area contributed by atoms with Gasteiger partial charge in [-0.25, -0.2) is 0 Å². The Morgan fingerprint density at radius 1 is 1.06 bits per heavy atom. The van der Waals surface area contributed by atoms with E-state index in [0.29, 0.717) is 5.56 Å². The van der Waals surface area contributed by atoms with Gasteiger partial charge in [-0.3, -0.25) is 4.79 Å². The molecule has 0 aliphatic heterocycles. The van der Waals surface area contributed by atoms with Crippen LogP contribution in [0.3, 0.4) is 0 Å². The number of alkyl halides is 2. The molecule has 0 heterocycles. The van der Waals surface area contributed by atoms with Crippen LogP contribution in [-0.2, 0) is 0 Å². The van der Waals surface area contributed by atoms with Crippen molar-refractivity contribution in [3.63, 3.8) is 0 Å². The third-order valence-corrected chi connectivity index (χ3v) is 3.13. The molecule has 0 saturated carbocycles. The monoisotopic (exact) mass is 340 g/mol. The number of ketones is 1. The van der Waals surface area contributed by atoms with Crippen LogP contribution >= 0.6 is 31.9 Å². The van der Waals surface area contributed by atoms with Gasteiger partial charge in [-0.15, -0.1) is 0 Å². The Balaban J connectivity index is 2.52. The summed E-state index contributed by atoms with van der Waals surface area (Å²) in [5.41, 5.74) is 0.704. The van der Waals surface area contributed by atoms with Gasteiger partial charge in [-0.05, 0) is 23.8 Å². The molecule has 2 aromatic carbocycles. The number of hydrogen-bond donors (Lipinski definition) is 0. The highest BCUT2D eigenvalue weighted by Crippen LogP contribution is 2.30. The van der Waals surface area contributed by atoms with Crippen LogP contribution in [0.1, 0.15) is 17.3 Å². The summed E-state index contributed by atoms with van der Waals surface area (Å²) in [4.78, 5) is 12.0. The number of fused-ring (bicyclic) bond motifs is 1. The average Bonchev–Trinajstić information content (AvgIpc) is 2.26. The zero-order valence-electron chi connectivity index (χ0n) is 8.71. The van der Waals surface area contributed by atoms with E-state index in [2.05, 4.69) is 31.9 Å². The number of rotatable bonds is 2. The summed E-state index contributed by atoms with van der Waals surface area (Å²) in [6.07, 6.45) is 0. The fourth-order valence-electron chi connectivity index (χ4n) is 1.58. The van der Waals surface area contributed by atoms with Gasteiger partial charge in [0.2, 0.25) is 0 Å². The molecule has 2 aromatic rings. The lowest BCUT2D eigenvalue weighted by atomic mass is 10.0. The topological polar surface area (TPSA) is 17.1 Å². The summed E-state index contributed by atoms with van der Waals surface area (Å²) in [7, 11) is 0. The van der Waals surface area contributed by atoms with E-state index >= 15 is 0 Å². The molecule has 0 aliphatic carbocycles. The summed E-state index contributed by atoms with van der Waals surface area (Å²) < 4.78 is -0.692. The minimum Gasteiger partial charge on any atom is -0.292 e. The van der Waals surface area contributed by atoms with Crippen LogP contribution in [0.4, 0.5) is 0 Å². The molecule has 0 radical (unpaired) electrons. The zero-order chi connectivity index (χ0) is 11.8. The lowest BCUT2D eigenvalue weighted by molar-refractivity contribution is 0.0988. The van der Waals surface area contributed by atoms with Crippen LogP contribution in [-0.4, -0.2) is 9.02 Å². The molecule has 0 amide bonds. The first-order chi connectivity index (χ1) is 7.48. The van der Waals surface area contributed by atoms with Crippen LogP contribution in [0, 0.1) is 0 Å². The van der Waals surface area contributed by atoms with E-state index in [9.17, 15) is 4.79 Å². The van der Waals surface area contributed by atoms with E-state index in [1.807, 2.05) is 42.5 Å². The van der Waals surface area contributed by atoms with Crippen LogP contribution in [0.25, 0.3) is 10.8 Å². The smallest absolute Gasteiger partial charge is 0.189 e. The van der Waals surface area contributed by atoms with Gasteiger partial charge in [0.15, 0.2) is 5.78 Å². The van der Waals surface area contributed by atoms with Crippen molar-refractivity contribution in [2.24, 2.45) is 0 Å². The molecule has 3 heteroatoms. The minimum atomic E-state index is -0.692. The fraction of sp³-hybridized carbons (Fsp3) is 0.154. The molecule has 0 aliphatic rings. The second-order valence-electron chi connectivity index (χ2n) is 3.78.